The Hall–Kier alpha value is -4.69. The Kier molecular flexibility index (Phi) is 5.18. The number of aromatic amines is 1. The normalized spacial score (nSPS) is 10.7. The quantitative estimate of drug-likeness (QED) is 0.396. The first kappa shape index (κ1) is 20.2. The molecule has 5 aromatic rings. The van der Waals surface area contributed by atoms with Gasteiger partial charge < -0.3 is 4.98 Å². The second-order valence-electron chi connectivity index (χ2n) is 7.82. The van der Waals surface area contributed by atoms with E-state index < -0.39 is 5.56 Å². The van der Waals surface area contributed by atoms with Crippen LogP contribution in [0.2, 0.25) is 0 Å². The Balaban J connectivity index is 1.78. The van der Waals surface area contributed by atoms with Crippen LogP contribution in [-0.4, -0.2) is 14.8 Å². The summed E-state index contributed by atoms with van der Waals surface area (Å²) in [6, 6.07) is 31.4. The van der Waals surface area contributed by atoms with Gasteiger partial charge in [-0.05, 0) is 30.7 Å². The highest BCUT2D eigenvalue weighted by Crippen LogP contribution is 2.34. The summed E-state index contributed by atoms with van der Waals surface area (Å²) >= 11 is 0. The lowest BCUT2D eigenvalue weighted by molar-refractivity contribution is 0.884. The molecule has 1 N–H and O–H groups in total. The van der Waals surface area contributed by atoms with Crippen LogP contribution in [0.3, 0.4) is 0 Å². The van der Waals surface area contributed by atoms with Crippen LogP contribution in [-0.2, 0) is 0 Å². The number of H-pyrrole nitrogens is 1. The molecule has 0 saturated carbocycles. The van der Waals surface area contributed by atoms with E-state index in [1.54, 1.807) is 4.68 Å². The number of rotatable bonds is 4. The van der Waals surface area contributed by atoms with Gasteiger partial charge in [0.2, 0.25) is 0 Å². The van der Waals surface area contributed by atoms with E-state index in [-0.39, 0.29) is 5.56 Å². The highest BCUT2D eigenvalue weighted by Gasteiger charge is 2.20. The molecule has 33 heavy (non-hydrogen) atoms. The Labute approximate surface area is 191 Å². The molecule has 0 unspecified atom stereocenters. The van der Waals surface area contributed by atoms with Crippen LogP contribution in [0.1, 0.15) is 11.1 Å². The van der Waals surface area contributed by atoms with E-state index in [0.717, 1.165) is 27.9 Å². The molecular formula is C28H20N4O. The number of benzene rings is 3. The molecule has 0 aliphatic carbocycles. The van der Waals surface area contributed by atoms with E-state index in [1.165, 1.54) is 0 Å². The zero-order chi connectivity index (χ0) is 22.8. The number of nitriles is 1. The molecule has 0 saturated heterocycles. The van der Waals surface area contributed by atoms with Gasteiger partial charge in [0.25, 0.3) is 5.56 Å². The van der Waals surface area contributed by atoms with Crippen molar-refractivity contribution in [3.63, 3.8) is 0 Å². The first-order valence-electron chi connectivity index (χ1n) is 10.6. The van der Waals surface area contributed by atoms with Crippen LogP contribution in [0, 0.1) is 18.3 Å². The Morgan fingerprint density at radius 2 is 1.52 bits per heavy atom. The van der Waals surface area contributed by atoms with Gasteiger partial charge in [-0.15, -0.1) is 0 Å². The summed E-state index contributed by atoms with van der Waals surface area (Å²) in [6.07, 6.45) is 1.88. The molecule has 0 spiro atoms. The zero-order valence-electron chi connectivity index (χ0n) is 18.0. The van der Waals surface area contributed by atoms with Crippen molar-refractivity contribution in [1.29, 1.82) is 5.26 Å². The van der Waals surface area contributed by atoms with E-state index in [2.05, 4.69) is 11.1 Å². The topological polar surface area (TPSA) is 74.5 Å². The third-order valence-electron chi connectivity index (χ3n) is 5.58. The summed E-state index contributed by atoms with van der Waals surface area (Å²) in [5.74, 6) is 0. The summed E-state index contributed by atoms with van der Waals surface area (Å²) in [5.41, 5.74) is 6.08. The molecule has 0 atom stereocenters. The standard InChI is InChI=1S/C28H20N4O/c1-19-12-14-20(15-13-19)26-16-23(24(17-29)28(33)30-26)25-18-32(22-10-6-3-7-11-22)31-27(25)21-8-4-2-5-9-21/h2-16,18H,1H3,(H,30,33). The highest BCUT2D eigenvalue weighted by molar-refractivity contribution is 5.85. The average molecular weight is 428 g/mol. The fourth-order valence-corrected chi connectivity index (χ4v) is 3.87. The van der Waals surface area contributed by atoms with Crippen molar-refractivity contribution in [2.45, 2.75) is 6.92 Å². The molecule has 5 nitrogen and oxygen atoms in total. The van der Waals surface area contributed by atoms with Crippen molar-refractivity contribution in [3.8, 4) is 45.4 Å². The van der Waals surface area contributed by atoms with E-state index in [9.17, 15) is 10.1 Å². The van der Waals surface area contributed by atoms with Crippen LogP contribution >= 0.6 is 0 Å². The third kappa shape index (κ3) is 3.86. The Morgan fingerprint density at radius 1 is 0.848 bits per heavy atom. The van der Waals surface area contributed by atoms with Crippen molar-refractivity contribution in [2.24, 2.45) is 0 Å². The first-order valence-corrected chi connectivity index (χ1v) is 10.6. The van der Waals surface area contributed by atoms with Gasteiger partial charge in [-0.25, -0.2) is 4.68 Å². The van der Waals surface area contributed by atoms with Gasteiger partial charge in [-0.2, -0.15) is 10.4 Å². The van der Waals surface area contributed by atoms with Gasteiger partial charge in [0, 0.05) is 28.6 Å². The van der Waals surface area contributed by atoms with E-state index in [0.29, 0.717) is 17.0 Å². The zero-order valence-corrected chi connectivity index (χ0v) is 18.0. The van der Waals surface area contributed by atoms with Crippen molar-refractivity contribution in [3.05, 3.63) is 119 Å². The molecule has 0 aliphatic rings. The molecule has 2 heterocycles. The number of para-hydroxylation sites is 1. The maximum Gasteiger partial charge on any atom is 0.266 e. The first-order chi connectivity index (χ1) is 16.1. The Morgan fingerprint density at radius 3 is 2.18 bits per heavy atom. The number of aryl methyl sites for hydroxylation is 1. The molecule has 3 aromatic carbocycles. The monoisotopic (exact) mass is 428 g/mol. The molecule has 0 radical (unpaired) electrons. The fraction of sp³-hybridized carbons (Fsp3) is 0.0357. The summed E-state index contributed by atoms with van der Waals surface area (Å²) in [7, 11) is 0. The molecule has 158 valence electrons. The molecule has 0 bridgehead atoms. The van der Waals surface area contributed by atoms with Crippen molar-refractivity contribution in [1.82, 2.24) is 14.8 Å². The molecule has 5 heteroatoms. The summed E-state index contributed by atoms with van der Waals surface area (Å²) < 4.78 is 1.78. The lowest BCUT2D eigenvalue weighted by Gasteiger charge is -2.09. The largest absolute Gasteiger partial charge is 0.321 e. The average Bonchev–Trinajstić information content (AvgIpc) is 3.30. The number of pyridine rings is 1. The number of nitrogens with one attached hydrogen (secondary N) is 1. The third-order valence-corrected chi connectivity index (χ3v) is 5.58. The smallest absolute Gasteiger partial charge is 0.266 e. The number of hydrogen-bond donors (Lipinski definition) is 1. The molecule has 0 fully saturated rings. The summed E-state index contributed by atoms with van der Waals surface area (Å²) in [4.78, 5) is 15.8. The van der Waals surface area contributed by atoms with Gasteiger partial charge in [0.15, 0.2) is 0 Å². The maximum absolute atomic E-state index is 12.9. The highest BCUT2D eigenvalue weighted by atomic mass is 16.1. The molecule has 0 amide bonds. The van der Waals surface area contributed by atoms with Crippen LogP contribution < -0.4 is 5.56 Å². The SMILES string of the molecule is Cc1ccc(-c2cc(-c3cn(-c4ccccc4)nc3-c3ccccc3)c(C#N)c(=O)[nH]2)cc1. The van der Waals surface area contributed by atoms with E-state index >= 15 is 0 Å². The van der Waals surface area contributed by atoms with Crippen molar-refractivity contribution >= 4 is 0 Å². The van der Waals surface area contributed by atoms with Crippen LogP contribution in [0.25, 0.3) is 39.3 Å². The van der Waals surface area contributed by atoms with Crippen LogP contribution in [0.5, 0.6) is 0 Å². The summed E-state index contributed by atoms with van der Waals surface area (Å²) in [6.45, 7) is 2.01. The minimum atomic E-state index is -0.419. The fourth-order valence-electron chi connectivity index (χ4n) is 3.87. The van der Waals surface area contributed by atoms with Gasteiger partial charge in [-0.1, -0.05) is 78.4 Å². The summed E-state index contributed by atoms with van der Waals surface area (Å²) in [5, 5.41) is 14.7. The number of hydrogen-bond acceptors (Lipinski definition) is 3. The maximum atomic E-state index is 12.9. The Bertz CT molecular complexity index is 1520. The van der Waals surface area contributed by atoms with Gasteiger partial charge in [-0.3, -0.25) is 4.79 Å². The second-order valence-corrected chi connectivity index (χ2v) is 7.82. The van der Waals surface area contributed by atoms with Gasteiger partial charge in [0.05, 0.1) is 5.69 Å². The van der Waals surface area contributed by atoms with Gasteiger partial charge in [0.1, 0.15) is 17.3 Å². The van der Waals surface area contributed by atoms with Gasteiger partial charge >= 0.3 is 0 Å². The van der Waals surface area contributed by atoms with E-state index in [4.69, 9.17) is 5.10 Å². The number of nitrogens with zero attached hydrogens (tertiary/aromatic N) is 3. The minimum absolute atomic E-state index is 0.0654. The number of aromatic nitrogens is 3. The lowest BCUT2D eigenvalue weighted by atomic mass is 9.97. The minimum Gasteiger partial charge on any atom is -0.321 e. The van der Waals surface area contributed by atoms with E-state index in [1.807, 2.05) is 104 Å². The van der Waals surface area contributed by atoms with Crippen molar-refractivity contribution < 1.29 is 0 Å². The predicted octanol–water partition coefficient (Wildman–Crippen LogP) is 5.74. The molecular weight excluding hydrogens is 408 g/mol. The molecule has 0 aliphatic heterocycles. The van der Waals surface area contributed by atoms with Crippen LogP contribution in [0.15, 0.2) is 102 Å². The van der Waals surface area contributed by atoms with Crippen molar-refractivity contribution in [2.75, 3.05) is 0 Å². The van der Waals surface area contributed by atoms with Crippen LogP contribution in [0.4, 0.5) is 0 Å². The lowest BCUT2D eigenvalue weighted by Crippen LogP contribution is -2.12. The second kappa shape index (κ2) is 8.45. The predicted molar refractivity (Wildman–Crippen MR) is 130 cm³/mol. The molecule has 5 rings (SSSR count). The molecule has 2 aromatic heterocycles.